The molecule has 0 fully saturated rings. The number of aliphatic carboxylic acids is 1. The highest BCUT2D eigenvalue weighted by atomic mass is 16.4. The van der Waals surface area contributed by atoms with E-state index in [1.165, 1.54) is 6.92 Å². The van der Waals surface area contributed by atoms with Gasteiger partial charge in [0.1, 0.15) is 6.04 Å². The fourth-order valence-electron chi connectivity index (χ4n) is 1.25. The number of aliphatic hydroxyl groups is 1. The minimum Gasteiger partial charge on any atom is -0.481 e. The van der Waals surface area contributed by atoms with Crippen molar-refractivity contribution >= 4 is 11.8 Å². The molecule has 1 aliphatic rings. The molecule has 0 amide bonds. The SMILES string of the molecule is CC1=NC(CC(=O)O)C(C)(O)N1. The number of rotatable bonds is 2. The fraction of sp³-hybridized carbons (Fsp3) is 0.714. The van der Waals surface area contributed by atoms with E-state index >= 15 is 0 Å². The molecular formula is C7H12N2O3. The van der Waals surface area contributed by atoms with Crippen LogP contribution >= 0.6 is 0 Å². The Bertz CT molecular complexity index is 235. The third-order valence-electron chi connectivity index (χ3n) is 1.80. The van der Waals surface area contributed by atoms with Gasteiger partial charge < -0.3 is 15.5 Å². The van der Waals surface area contributed by atoms with Crippen molar-refractivity contribution in [2.45, 2.75) is 32.0 Å². The highest BCUT2D eigenvalue weighted by Gasteiger charge is 2.37. The van der Waals surface area contributed by atoms with Crippen LogP contribution in [0.1, 0.15) is 20.3 Å². The predicted octanol–water partition coefficient (Wildman–Crippen LogP) is -0.440. The second kappa shape index (κ2) is 2.75. The fourth-order valence-corrected chi connectivity index (χ4v) is 1.25. The van der Waals surface area contributed by atoms with E-state index in [1.807, 2.05) is 0 Å². The van der Waals surface area contributed by atoms with Gasteiger partial charge in [0.2, 0.25) is 0 Å². The first-order chi connectivity index (χ1) is 5.42. The zero-order valence-electron chi connectivity index (χ0n) is 7.03. The molecule has 5 nitrogen and oxygen atoms in total. The zero-order valence-corrected chi connectivity index (χ0v) is 7.03. The van der Waals surface area contributed by atoms with Crippen LogP contribution in [-0.4, -0.2) is 33.8 Å². The van der Waals surface area contributed by atoms with Crippen LogP contribution in [0.2, 0.25) is 0 Å². The molecule has 0 radical (unpaired) electrons. The van der Waals surface area contributed by atoms with Gasteiger partial charge in [-0.05, 0) is 13.8 Å². The molecule has 0 aromatic carbocycles. The number of nitrogens with zero attached hydrogens (tertiary/aromatic N) is 1. The second-order valence-corrected chi connectivity index (χ2v) is 3.10. The van der Waals surface area contributed by atoms with Gasteiger partial charge in [-0.2, -0.15) is 0 Å². The smallest absolute Gasteiger partial charge is 0.305 e. The van der Waals surface area contributed by atoms with Crippen LogP contribution in [-0.2, 0) is 4.79 Å². The van der Waals surface area contributed by atoms with Gasteiger partial charge >= 0.3 is 5.97 Å². The van der Waals surface area contributed by atoms with Gasteiger partial charge in [0.05, 0.1) is 12.3 Å². The summed E-state index contributed by atoms with van der Waals surface area (Å²) < 4.78 is 0. The van der Waals surface area contributed by atoms with Gasteiger partial charge in [-0.1, -0.05) is 0 Å². The second-order valence-electron chi connectivity index (χ2n) is 3.10. The molecule has 2 atom stereocenters. The Morgan fingerprint density at radius 3 is 2.75 bits per heavy atom. The lowest BCUT2D eigenvalue weighted by atomic mass is 10.1. The zero-order chi connectivity index (χ0) is 9.35. The summed E-state index contributed by atoms with van der Waals surface area (Å²) in [5.41, 5.74) is -1.22. The Labute approximate surface area is 70.1 Å². The van der Waals surface area contributed by atoms with E-state index in [9.17, 15) is 9.90 Å². The summed E-state index contributed by atoms with van der Waals surface area (Å²) in [7, 11) is 0. The summed E-state index contributed by atoms with van der Waals surface area (Å²) in [6.07, 6.45) is -0.155. The summed E-state index contributed by atoms with van der Waals surface area (Å²) >= 11 is 0. The van der Waals surface area contributed by atoms with Crippen LogP contribution in [0.4, 0.5) is 0 Å². The topological polar surface area (TPSA) is 81.9 Å². The van der Waals surface area contributed by atoms with Crippen molar-refractivity contribution in [2.75, 3.05) is 0 Å². The molecule has 0 aliphatic carbocycles. The van der Waals surface area contributed by atoms with Crippen molar-refractivity contribution in [2.24, 2.45) is 4.99 Å². The maximum atomic E-state index is 10.3. The third kappa shape index (κ3) is 1.73. The molecular weight excluding hydrogens is 160 g/mol. The van der Waals surface area contributed by atoms with Gasteiger partial charge in [0.25, 0.3) is 0 Å². The quantitative estimate of drug-likeness (QED) is 0.527. The van der Waals surface area contributed by atoms with Gasteiger partial charge in [0.15, 0.2) is 5.72 Å². The van der Waals surface area contributed by atoms with Gasteiger partial charge in [-0.25, -0.2) is 0 Å². The van der Waals surface area contributed by atoms with E-state index in [0.717, 1.165) is 0 Å². The predicted molar refractivity (Wildman–Crippen MR) is 42.9 cm³/mol. The molecule has 0 aromatic rings. The molecule has 2 unspecified atom stereocenters. The summed E-state index contributed by atoms with van der Waals surface area (Å²) in [6, 6.07) is -0.588. The molecule has 3 N–H and O–H groups in total. The number of nitrogens with one attached hydrogen (secondary N) is 1. The highest BCUT2D eigenvalue weighted by molar-refractivity contribution is 5.83. The standard InChI is InChI=1S/C7H12N2O3/c1-4-8-5(3-6(10)11)7(2,12)9-4/h5,12H,3H2,1-2H3,(H,8,9)(H,10,11). The maximum Gasteiger partial charge on any atom is 0.305 e. The number of hydrogen-bond donors (Lipinski definition) is 3. The van der Waals surface area contributed by atoms with E-state index in [4.69, 9.17) is 5.11 Å². The van der Waals surface area contributed by atoms with Crippen LogP contribution < -0.4 is 5.32 Å². The van der Waals surface area contributed by atoms with E-state index in [1.54, 1.807) is 6.92 Å². The average molecular weight is 172 g/mol. The lowest BCUT2D eigenvalue weighted by molar-refractivity contribution is -0.138. The number of carbonyl (C=O) groups is 1. The molecule has 0 spiro atoms. The Balaban J connectivity index is 2.69. The van der Waals surface area contributed by atoms with Crippen LogP contribution in [0.25, 0.3) is 0 Å². The normalized spacial score (nSPS) is 34.2. The van der Waals surface area contributed by atoms with Gasteiger partial charge in [-0.3, -0.25) is 9.79 Å². The Morgan fingerprint density at radius 1 is 1.83 bits per heavy atom. The molecule has 5 heteroatoms. The molecule has 0 saturated carbocycles. The lowest BCUT2D eigenvalue weighted by Crippen LogP contribution is -2.47. The number of hydrogen-bond acceptors (Lipinski definition) is 4. The van der Waals surface area contributed by atoms with E-state index in [0.29, 0.717) is 5.84 Å². The van der Waals surface area contributed by atoms with E-state index in [-0.39, 0.29) is 6.42 Å². The minimum atomic E-state index is -1.22. The summed E-state index contributed by atoms with van der Waals surface area (Å²) in [5, 5.41) is 20.8. The highest BCUT2D eigenvalue weighted by Crippen LogP contribution is 2.19. The van der Waals surface area contributed by atoms with Crippen LogP contribution in [0.15, 0.2) is 4.99 Å². The maximum absolute atomic E-state index is 10.3. The Hall–Kier alpha value is -1.10. The van der Waals surface area contributed by atoms with Crippen molar-refractivity contribution < 1.29 is 15.0 Å². The average Bonchev–Trinajstić information content (AvgIpc) is 2.04. The third-order valence-corrected chi connectivity index (χ3v) is 1.80. The summed E-state index contributed by atoms with van der Waals surface area (Å²) in [5.74, 6) is -0.383. The van der Waals surface area contributed by atoms with E-state index in [2.05, 4.69) is 10.3 Å². The first-order valence-corrected chi connectivity index (χ1v) is 3.68. The van der Waals surface area contributed by atoms with Crippen molar-refractivity contribution in [3.05, 3.63) is 0 Å². The Kier molecular flexibility index (Phi) is 2.06. The van der Waals surface area contributed by atoms with Crippen molar-refractivity contribution in [1.29, 1.82) is 0 Å². The van der Waals surface area contributed by atoms with Crippen molar-refractivity contribution in [3.63, 3.8) is 0 Å². The van der Waals surface area contributed by atoms with Crippen LogP contribution in [0.5, 0.6) is 0 Å². The van der Waals surface area contributed by atoms with E-state index < -0.39 is 17.7 Å². The monoisotopic (exact) mass is 172 g/mol. The summed E-state index contributed by atoms with van der Waals surface area (Å²) in [6.45, 7) is 3.21. The van der Waals surface area contributed by atoms with Crippen molar-refractivity contribution in [1.82, 2.24) is 5.32 Å². The number of amidine groups is 1. The minimum absolute atomic E-state index is 0.155. The molecule has 1 heterocycles. The lowest BCUT2D eigenvalue weighted by Gasteiger charge is -2.23. The van der Waals surface area contributed by atoms with Crippen molar-refractivity contribution in [3.8, 4) is 0 Å². The first-order valence-electron chi connectivity index (χ1n) is 3.68. The molecule has 0 saturated heterocycles. The number of carboxylic acid groups (broad SMARTS) is 1. The van der Waals surface area contributed by atoms with Gasteiger partial charge in [0, 0.05) is 0 Å². The molecule has 1 rings (SSSR count). The molecule has 12 heavy (non-hydrogen) atoms. The first kappa shape index (κ1) is 8.99. The van der Waals surface area contributed by atoms with Crippen LogP contribution in [0.3, 0.4) is 0 Å². The molecule has 68 valence electrons. The van der Waals surface area contributed by atoms with Gasteiger partial charge in [-0.15, -0.1) is 0 Å². The Morgan fingerprint density at radius 2 is 2.42 bits per heavy atom. The van der Waals surface area contributed by atoms with Crippen LogP contribution in [0, 0.1) is 0 Å². The molecule has 0 aromatic heterocycles. The number of aliphatic imine (C=N–C) groups is 1. The molecule has 1 aliphatic heterocycles. The number of carboxylic acids is 1. The molecule has 0 bridgehead atoms. The largest absolute Gasteiger partial charge is 0.481 e. The summed E-state index contributed by atoms with van der Waals surface area (Å²) in [4.78, 5) is 14.3.